The molecule has 0 spiro atoms. The Balaban J connectivity index is 2.06. The third kappa shape index (κ3) is 4.43. The molecular formula is C15H13BrN2O5. The highest BCUT2D eigenvalue weighted by atomic mass is 79.9. The molecule has 2 rings (SSSR count). The van der Waals surface area contributed by atoms with Gasteiger partial charge in [-0.3, -0.25) is 14.5 Å². The van der Waals surface area contributed by atoms with Gasteiger partial charge in [0.05, 0.1) is 6.42 Å². The Morgan fingerprint density at radius 3 is 2.61 bits per heavy atom. The number of urea groups is 1. The van der Waals surface area contributed by atoms with Crippen LogP contribution in [0.5, 0.6) is 0 Å². The van der Waals surface area contributed by atoms with E-state index < -0.39 is 17.9 Å². The second kappa shape index (κ2) is 7.10. The van der Waals surface area contributed by atoms with Crippen molar-refractivity contribution in [1.82, 2.24) is 4.90 Å². The first kappa shape index (κ1) is 16.8. The summed E-state index contributed by atoms with van der Waals surface area (Å²) in [5.74, 6) is -1.55. The molecule has 0 aliphatic heterocycles. The van der Waals surface area contributed by atoms with Crippen LogP contribution in [0, 0.1) is 0 Å². The molecule has 2 N–H and O–H groups in total. The quantitative estimate of drug-likeness (QED) is 0.848. The van der Waals surface area contributed by atoms with Gasteiger partial charge in [0.25, 0.3) is 5.91 Å². The summed E-state index contributed by atoms with van der Waals surface area (Å²) in [6.07, 6.45) is -0.154. The smallest absolute Gasteiger partial charge is 0.328 e. The number of nitrogens with one attached hydrogen (secondary N) is 1. The lowest BCUT2D eigenvalue weighted by Crippen LogP contribution is -2.36. The lowest BCUT2D eigenvalue weighted by Gasteiger charge is -2.15. The fourth-order valence-electron chi connectivity index (χ4n) is 1.83. The number of halogens is 1. The number of rotatable bonds is 4. The number of carboxylic acids is 1. The maximum absolute atomic E-state index is 12.1. The van der Waals surface area contributed by atoms with E-state index in [1.54, 1.807) is 24.3 Å². The number of furan rings is 1. The molecule has 1 heterocycles. The minimum Gasteiger partial charge on any atom is -0.481 e. The van der Waals surface area contributed by atoms with E-state index in [-0.39, 0.29) is 12.2 Å². The van der Waals surface area contributed by atoms with Crippen molar-refractivity contribution < 1.29 is 23.9 Å². The molecular weight excluding hydrogens is 368 g/mol. The van der Waals surface area contributed by atoms with Crippen molar-refractivity contribution >= 4 is 39.5 Å². The van der Waals surface area contributed by atoms with Gasteiger partial charge in [-0.1, -0.05) is 12.1 Å². The molecule has 2 aromatic rings. The Kier molecular flexibility index (Phi) is 5.17. The highest BCUT2D eigenvalue weighted by Gasteiger charge is 2.21. The SMILES string of the molecule is CN(C(=O)Nc1cccc(CC(=O)O)c1)C(=O)c1ccc(Br)o1. The van der Waals surface area contributed by atoms with Crippen molar-refractivity contribution in [1.29, 1.82) is 0 Å². The first-order chi connectivity index (χ1) is 10.9. The van der Waals surface area contributed by atoms with Gasteiger partial charge in [0.1, 0.15) is 0 Å². The second-order valence-electron chi connectivity index (χ2n) is 4.67. The van der Waals surface area contributed by atoms with Gasteiger partial charge >= 0.3 is 12.0 Å². The van der Waals surface area contributed by atoms with Gasteiger partial charge in [-0.05, 0) is 45.8 Å². The zero-order chi connectivity index (χ0) is 17.0. The molecule has 1 aromatic heterocycles. The maximum Gasteiger partial charge on any atom is 0.328 e. The number of carbonyl (C=O) groups excluding carboxylic acids is 2. The summed E-state index contributed by atoms with van der Waals surface area (Å²) in [6.45, 7) is 0. The number of hydrogen-bond donors (Lipinski definition) is 2. The van der Waals surface area contributed by atoms with E-state index in [1.807, 2.05) is 0 Å². The first-order valence-corrected chi connectivity index (χ1v) is 7.31. The minimum absolute atomic E-state index is 0.0224. The van der Waals surface area contributed by atoms with Gasteiger partial charge in [-0.15, -0.1) is 0 Å². The molecule has 0 saturated heterocycles. The van der Waals surface area contributed by atoms with Crippen molar-refractivity contribution in [3.63, 3.8) is 0 Å². The summed E-state index contributed by atoms with van der Waals surface area (Å²) >= 11 is 3.08. The molecule has 7 nitrogen and oxygen atoms in total. The second-order valence-corrected chi connectivity index (χ2v) is 5.45. The monoisotopic (exact) mass is 380 g/mol. The summed E-state index contributed by atoms with van der Waals surface area (Å²) in [5, 5.41) is 11.3. The van der Waals surface area contributed by atoms with E-state index in [0.717, 1.165) is 4.90 Å². The number of anilines is 1. The number of carbonyl (C=O) groups is 3. The van der Waals surface area contributed by atoms with Gasteiger partial charge in [0, 0.05) is 12.7 Å². The Labute approximate surface area is 140 Å². The van der Waals surface area contributed by atoms with E-state index >= 15 is 0 Å². The molecule has 120 valence electrons. The van der Waals surface area contributed by atoms with Crippen molar-refractivity contribution in [3.05, 3.63) is 52.4 Å². The standard InChI is InChI=1S/C15H13BrN2O5/c1-18(14(21)11-5-6-12(16)23-11)15(22)17-10-4-2-3-9(7-10)8-13(19)20/h2-7H,8H2,1H3,(H,17,22)(H,19,20). The summed E-state index contributed by atoms with van der Waals surface area (Å²) in [5.41, 5.74) is 0.938. The molecule has 23 heavy (non-hydrogen) atoms. The Bertz CT molecular complexity index is 756. The number of aliphatic carboxylic acids is 1. The predicted octanol–water partition coefficient (Wildman–Crippen LogP) is 2.97. The van der Waals surface area contributed by atoms with E-state index in [2.05, 4.69) is 21.2 Å². The van der Waals surface area contributed by atoms with Crippen LogP contribution in [0.4, 0.5) is 10.5 Å². The van der Waals surface area contributed by atoms with Crippen LogP contribution in [-0.2, 0) is 11.2 Å². The number of hydrogen-bond acceptors (Lipinski definition) is 4. The zero-order valence-corrected chi connectivity index (χ0v) is 13.7. The van der Waals surface area contributed by atoms with E-state index in [1.165, 1.54) is 19.2 Å². The van der Waals surface area contributed by atoms with Crippen LogP contribution in [0.1, 0.15) is 16.1 Å². The van der Waals surface area contributed by atoms with Crippen LogP contribution in [0.25, 0.3) is 0 Å². The molecule has 0 unspecified atom stereocenters. The molecule has 0 fully saturated rings. The van der Waals surface area contributed by atoms with Crippen molar-refractivity contribution in [2.45, 2.75) is 6.42 Å². The highest BCUT2D eigenvalue weighted by molar-refractivity contribution is 9.10. The van der Waals surface area contributed by atoms with E-state index in [9.17, 15) is 14.4 Å². The van der Waals surface area contributed by atoms with Gasteiger partial charge in [-0.2, -0.15) is 0 Å². The fourth-order valence-corrected chi connectivity index (χ4v) is 2.13. The fraction of sp³-hybridized carbons (Fsp3) is 0.133. The topological polar surface area (TPSA) is 99.9 Å². The largest absolute Gasteiger partial charge is 0.481 e. The van der Waals surface area contributed by atoms with Crippen molar-refractivity contribution in [2.75, 3.05) is 12.4 Å². The normalized spacial score (nSPS) is 10.2. The van der Waals surface area contributed by atoms with Crippen molar-refractivity contribution in [2.24, 2.45) is 0 Å². The van der Waals surface area contributed by atoms with Crippen LogP contribution in [-0.4, -0.2) is 35.0 Å². The molecule has 0 bridgehead atoms. The summed E-state index contributed by atoms with van der Waals surface area (Å²) in [7, 11) is 1.31. The molecule has 0 saturated carbocycles. The lowest BCUT2D eigenvalue weighted by atomic mass is 10.1. The maximum atomic E-state index is 12.1. The number of amides is 3. The zero-order valence-electron chi connectivity index (χ0n) is 12.1. The Morgan fingerprint density at radius 1 is 1.26 bits per heavy atom. The van der Waals surface area contributed by atoms with Crippen LogP contribution < -0.4 is 5.32 Å². The molecule has 3 amide bonds. The van der Waals surface area contributed by atoms with Gasteiger partial charge < -0.3 is 14.8 Å². The molecule has 8 heteroatoms. The van der Waals surface area contributed by atoms with E-state index in [4.69, 9.17) is 9.52 Å². The number of benzene rings is 1. The molecule has 0 aliphatic carbocycles. The van der Waals surface area contributed by atoms with Crippen LogP contribution in [0.2, 0.25) is 0 Å². The molecule has 0 atom stereocenters. The number of imide groups is 1. The van der Waals surface area contributed by atoms with Gasteiger partial charge in [-0.25, -0.2) is 4.79 Å². The first-order valence-electron chi connectivity index (χ1n) is 6.52. The van der Waals surface area contributed by atoms with Crippen LogP contribution in [0.15, 0.2) is 45.5 Å². The summed E-state index contributed by atoms with van der Waals surface area (Å²) < 4.78 is 5.50. The van der Waals surface area contributed by atoms with Crippen LogP contribution in [0.3, 0.4) is 0 Å². The average Bonchev–Trinajstić information content (AvgIpc) is 2.92. The predicted molar refractivity (Wildman–Crippen MR) is 85.3 cm³/mol. The third-order valence-electron chi connectivity index (χ3n) is 2.93. The Hall–Kier alpha value is -2.61. The molecule has 0 radical (unpaired) electrons. The number of carboxylic acid groups (broad SMARTS) is 1. The van der Waals surface area contributed by atoms with Gasteiger partial charge in [0.15, 0.2) is 10.4 Å². The molecule has 0 aliphatic rings. The van der Waals surface area contributed by atoms with Crippen LogP contribution >= 0.6 is 15.9 Å². The Morgan fingerprint density at radius 2 is 2.00 bits per heavy atom. The highest BCUT2D eigenvalue weighted by Crippen LogP contribution is 2.16. The molecule has 1 aromatic carbocycles. The number of nitrogens with zero attached hydrogens (tertiary/aromatic N) is 1. The average molecular weight is 381 g/mol. The summed E-state index contributed by atoms with van der Waals surface area (Å²) in [4.78, 5) is 35.7. The summed E-state index contributed by atoms with van der Waals surface area (Å²) in [6, 6.07) is 8.74. The van der Waals surface area contributed by atoms with Gasteiger partial charge in [0.2, 0.25) is 0 Å². The minimum atomic E-state index is -0.968. The lowest BCUT2D eigenvalue weighted by molar-refractivity contribution is -0.136. The van der Waals surface area contributed by atoms with E-state index in [0.29, 0.717) is 15.9 Å². The third-order valence-corrected chi connectivity index (χ3v) is 3.35. The van der Waals surface area contributed by atoms with Crippen molar-refractivity contribution in [3.8, 4) is 0 Å².